The first-order chi connectivity index (χ1) is 19.9. The van der Waals surface area contributed by atoms with Gasteiger partial charge in [0.1, 0.15) is 23.4 Å². The number of carboxylic acid groups (broad SMARTS) is 2. The van der Waals surface area contributed by atoms with E-state index < -0.39 is 18.1 Å². The molecular formula is C29H36F4N2O7. The molecule has 2 N–H and O–H groups in total. The summed E-state index contributed by atoms with van der Waals surface area (Å²) < 4.78 is 63.6. The Bertz CT molecular complexity index is 1200. The van der Waals surface area contributed by atoms with E-state index in [1.165, 1.54) is 6.07 Å². The summed E-state index contributed by atoms with van der Waals surface area (Å²) in [4.78, 5) is 24.4. The Morgan fingerprint density at radius 2 is 1.62 bits per heavy atom. The van der Waals surface area contributed by atoms with Crippen LogP contribution in [-0.4, -0.2) is 80.4 Å². The predicted molar refractivity (Wildman–Crippen MR) is 147 cm³/mol. The van der Waals surface area contributed by atoms with Crippen molar-refractivity contribution in [2.75, 3.05) is 43.7 Å². The number of piperidine rings is 1. The minimum atomic E-state index is -5.08. The van der Waals surface area contributed by atoms with Gasteiger partial charge in [0.15, 0.2) is 0 Å². The summed E-state index contributed by atoms with van der Waals surface area (Å²) in [5, 5.41) is 16.4. The van der Waals surface area contributed by atoms with Crippen LogP contribution in [0.1, 0.15) is 38.2 Å². The highest BCUT2D eigenvalue weighted by Crippen LogP contribution is 2.35. The van der Waals surface area contributed by atoms with E-state index >= 15 is 0 Å². The Balaban J connectivity index is 0.000000616. The number of carboxylic acids is 2. The van der Waals surface area contributed by atoms with Gasteiger partial charge in [-0.1, -0.05) is 6.92 Å². The molecule has 0 amide bonds. The molecule has 2 fully saturated rings. The van der Waals surface area contributed by atoms with Crippen molar-refractivity contribution in [3.8, 4) is 11.5 Å². The quantitative estimate of drug-likeness (QED) is 0.378. The van der Waals surface area contributed by atoms with E-state index in [1.54, 1.807) is 20.3 Å². The maximum absolute atomic E-state index is 14.7. The third kappa shape index (κ3) is 8.40. The van der Waals surface area contributed by atoms with E-state index in [1.807, 2.05) is 31.2 Å². The van der Waals surface area contributed by atoms with Gasteiger partial charge in [0.25, 0.3) is 0 Å². The van der Waals surface area contributed by atoms with Crippen LogP contribution in [0.5, 0.6) is 11.5 Å². The maximum Gasteiger partial charge on any atom is 0.490 e. The largest absolute Gasteiger partial charge is 0.496 e. The lowest BCUT2D eigenvalue weighted by molar-refractivity contribution is -0.192. The van der Waals surface area contributed by atoms with Gasteiger partial charge in [-0.2, -0.15) is 13.2 Å². The molecular weight excluding hydrogens is 564 g/mol. The predicted octanol–water partition coefficient (Wildman–Crippen LogP) is 5.15. The summed E-state index contributed by atoms with van der Waals surface area (Å²) in [7, 11) is 3.29. The lowest BCUT2D eigenvalue weighted by atomic mass is 10.0. The molecule has 0 bridgehead atoms. The van der Waals surface area contributed by atoms with Gasteiger partial charge in [-0.15, -0.1) is 0 Å². The molecule has 2 aromatic carbocycles. The van der Waals surface area contributed by atoms with Gasteiger partial charge in [0.05, 0.1) is 25.3 Å². The smallest absolute Gasteiger partial charge is 0.490 e. The van der Waals surface area contributed by atoms with Crippen LogP contribution in [-0.2, 0) is 20.7 Å². The number of nitrogens with zero attached hydrogens (tertiary/aromatic N) is 2. The first-order valence-corrected chi connectivity index (χ1v) is 13.6. The minimum absolute atomic E-state index is 0.0307. The molecule has 0 aliphatic carbocycles. The van der Waals surface area contributed by atoms with E-state index in [0.717, 1.165) is 35.6 Å². The first-order valence-electron chi connectivity index (χ1n) is 13.6. The number of ether oxygens (including phenoxy) is 3. The summed E-state index contributed by atoms with van der Waals surface area (Å²) >= 11 is 0. The normalized spacial score (nSPS) is 19.2. The average Bonchev–Trinajstić information content (AvgIpc) is 3.35. The van der Waals surface area contributed by atoms with Gasteiger partial charge in [0, 0.05) is 56.9 Å². The second kappa shape index (κ2) is 14.4. The highest BCUT2D eigenvalue weighted by atomic mass is 19.4. The van der Waals surface area contributed by atoms with Crippen LogP contribution in [0.2, 0.25) is 0 Å². The van der Waals surface area contributed by atoms with Crippen molar-refractivity contribution in [1.82, 2.24) is 0 Å². The molecule has 0 saturated carbocycles. The van der Waals surface area contributed by atoms with Crippen LogP contribution < -0.4 is 19.3 Å². The van der Waals surface area contributed by atoms with Gasteiger partial charge in [-0.3, -0.25) is 4.79 Å². The Morgan fingerprint density at radius 3 is 2.12 bits per heavy atom. The zero-order valence-electron chi connectivity index (χ0n) is 23.7. The molecule has 13 heteroatoms. The Kier molecular flexibility index (Phi) is 11.3. The number of benzene rings is 2. The zero-order chi connectivity index (χ0) is 31.0. The number of anilines is 2. The number of carbonyl (C=O) groups is 2. The summed E-state index contributed by atoms with van der Waals surface area (Å²) in [5.74, 6) is -2.26. The van der Waals surface area contributed by atoms with E-state index in [2.05, 4.69) is 9.80 Å². The summed E-state index contributed by atoms with van der Waals surface area (Å²) in [5.41, 5.74) is 2.52. The number of methoxy groups -OCH3 is 2. The van der Waals surface area contributed by atoms with E-state index in [0.29, 0.717) is 38.2 Å². The zero-order valence-corrected chi connectivity index (χ0v) is 23.7. The fraction of sp³-hybridized carbons (Fsp3) is 0.517. The van der Waals surface area contributed by atoms with Gasteiger partial charge in [-0.05, 0) is 49.2 Å². The summed E-state index contributed by atoms with van der Waals surface area (Å²) in [6.45, 7) is 4.11. The average molecular weight is 601 g/mol. The van der Waals surface area contributed by atoms with Gasteiger partial charge in [-0.25, -0.2) is 9.18 Å². The van der Waals surface area contributed by atoms with Crippen molar-refractivity contribution in [3.63, 3.8) is 0 Å². The number of aliphatic carboxylic acids is 2. The van der Waals surface area contributed by atoms with E-state index in [9.17, 15) is 27.5 Å². The Morgan fingerprint density at radius 1 is 1.00 bits per heavy atom. The highest BCUT2D eigenvalue weighted by molar-refractivity contribution is 5.73. The molecule has 2 aliphatic heterocycles. The molecule has 0 radical (unpaired) electrons. The molecule has 0 aromatic heterocycles. The third-order valence-corrected chi connectivity index (χ3v) is 7.36. The molecule has 2 aromatic rings. The van der Waals surface area contributed by atoms with E-state index in [4.69, 9.17) is 24.1 Å². The van der Waals surface area contributed by atoms with Gasteiger partial charge >= 0.3 is 18.1 Å². The lowest BCUT2D eigenvalue weighted by Crippen LogP contribution is -2.39. The van der Waals surface area contributed by atoms with Gasteiger partial charge in [0.2, 0.25) is 0 Å². The Labute approximate surface area is 241 Å². The molecule has 2 heterocycles. The van der Waals surface area contributed by atoms with Crippen molar-refractivity contribution >= 4 is 23.3 Å². The van der Waals surface area contributed by atoms with Crippen LogP contribution in [0.4, 0.5) is 28.9 Å². The molecule has 42 heavy (non-hydrogen) atoms. The van der Waals surface area contributed by atoms with Crippen LogP contribution in [0.15, 0.2) is 36.4 Å². The number of rotatable bonds is 9. The van der Waals surface area contributed by atoms with Gasteiger partial charge < -0.3 is 34.2 Å². The molecule has 2 saturated heterocycles. The third-order valence-electron chi connectivity index (χ3n) is 7.36. The van der Waals surface area contributed by atoms with Crippen molar-refractivity contribution in [1.29, 1.82) is 0 Å². The van der Waals surface area contributed by atoms with Crippen molar-refractivity contribution in [3.05, 3.63) is 47.8 Å². The molecule has 0 unspecified atom stereocenters. The number of alkyl halides is 3. The van der Waals surface area contributed by atoms with Crippen LogP contribution in [0.3, 0.4) is 0 Å². The molecule has 2 aliphatic rings. The Hall–Kier alpha value is -3.74. The molecule has 2 atom stereocenters. The molecule has 9 nitrogen and oxygen atoms in total. The van der Waals surface area contributed by atoms with Crippen molar-refractivity contribution < 1.29 is 51.6 Å². The van der Waals surface area contributed by atoms with Crippen molar-refractivity contribution in [2.45, 2.75) is 63.5 Å². The molecule has 0 spiro atoms. The minimum Gasteiger partial charge on any atom is -0.496 e. The summed E-state index contributed by atoms with van der Waals surface area (Å²) in [6, 6.07) is 10.9. The van der Waals surface area contributed by atoms with E-state index in [-0.39, 0.29) is 30.5 Å². The second-order valence-corrected chi connectivity index (χ2v) is 10.0. The number of hydrogen-bond donors (Lipinski definition) is 2. The lowest BCUT2D eigenvalue weighted by Gasteiger charge is -2.35. The van der Waals surface area contributed by atoms with Crippen LogP contribution >= 0.6 is 0 Å². The standard InChI is InChI=1S/C27H35FN2O5.C2HF3O2/c1-4-23-25(34-3)10-9-24(28)27(23)29-13-11-21(12-14-29)35-20-7-5-18(6-8-20)30-17-22(33-2)15-19(30)16-26(31)32;3-2(4,5)1(6)7/h5-10,19,21-22H,4,11-17H2,1-3H3,(H,31,32);(H,6,7)/t19-,22-;/m1./s1. The first kappa shape index (κ1) is 32.8. The number of halogens is 4. The van der Waals surface area contributed by atoms with Crippen LogP contribution in [0, 0.1) is 5.82 Å². The summed E-state index contributed by atoms with van der Waals surface area (Å²) in [6.07, 6.45) is -1.91. The second-order valence-electron chi connectivity index (χ2n) is 10.0. The maximum atomic E-state index is 14.7. The van der Waals surface area contributed by atoms with Crippen molar-refractivity contribution in [2.24, 2.45) is 0 Å². The topological polar surface area (TPSA) is 109 Å². The number of hydrogen-bond acceptors (Lipinski definition) is 7. The van der Waals surface area contributed by atoms with Crippen LogP contribution in [0.25, 0.3) is 0 Å². The highest BCUT2D eigenvalue weighted by Gasteiger charge is 2.38. The fourth-order valence-corrected chi connectivity index (χ4v) is 5.33. The fourth-order valence-electron chi connectivity index (χ4n) is 5.33. The SMILES string of the molecule is CCc1c(OC)ccc(F)c1N1CCC(Oc2ccc(N3C[C@H](OC)C[C@@H]3CC(=O)O)cc2)CC1.O=C(O)C(F)(F)F. The monoisotopic (exact) mass is 600 g/mol. The molecule has 232 valence electrons. The molecule has 4 rings (SSSR count).